The summed E-state index contributed by atoms with van der Waals surface area (Å²) in [6.07, 6.45) is 0.0318. The second-order valence-electron chi connectivity index (χ2n) is 2.57. The van der Waals surface area contributed by atoms with Crippen molar-refractivity contribution in [2.45, 2.75) is 16.2 Å². The molecule has 1 heterocycles. The molecule has 1 aliphatic heterocycles. The van der Waals surface area contributed by atoms with Crippen LogP contribution in [0, 0.1) is 0 Å². The van der Waals surface area contributed by atoms with E-state index in [0.29, 0.717) is 0 Å². The fourth-order valence-electron chi connectivity index (χ4n) is 1.05. The summed E-state index contributed by atoms with van der Waals surface area (Å²) in [6.45, 7) is 0. The van der Waals surface area contributed by atoms with E-state index < -0.39 is 0 Å². The highest BCUT2D eigenvalue weighted by molar-refractivity contribution is 8.18. The second kappa shape index (κ2) is 3.55. The van der Waals surface area contributed by atoms with Crippen LogP contribution in [0.15, 0.2) is 34.1 Å². The molecular weight excluding hydrogens is 204 g/mol. The van der Waals surface area contributed by atoms with Gasteiger partial charge in [0.2, 0.25) is 10.2 Å². The molecule has 4 heteroatoms. The molecule has 0 N–H and O–H groups in total. The van der Waals surface area contributed by atoms with Crippen LogP contribution in [0.1, 0.15) is 6.42 Å². The molecule has 0 bridgehead atoms. The van der Waals surface area contributed by atoms with Crippen molar-refractivity contribution < 1.29 is 9.59 Å². The lowest BCUT2D eigenvalue weighted by molar-refractivity contribution is -0.117. The summed E-state index contributed by atoms with van der Waals surface area (Å²) in [5.41, 5.74) is 0. The Hall–Kier alpha value is -0.740. The number of benzene rings is 1. The molecule has 0 unspecified atom stereocenters. The van der Waals surface area contributed by atoms with Crippen LogP contribution in [0.25, 0.3) is 0 Å². The zero-order valence-electron chi connectivity index (χ0n) is 6.65. The van der Waals surface area contributed by atoms with Crippen LogP contribution in [-0.4, -0.2) is 10.2 Å². The Labute approximate surface area is 84.1 Å². The van der Waals surface area contributed by atoms with Gasteiger partial charge in [0.25, 0.3) is 0 Å². The minimum absolute atomic E-state index is 0.0318. The third-order valence-electron chi connectivity index (χ3n) is 1.59. The molecular formula is C9H6O2S2. The Morgan fingerprint density at radius 3 is 1.85 bits per heavy atom. The number of thioether (sulfide) groups is 2. The topological polar surface area (TPSA) is 34.1 Å². The van der Waals surface area contributed by atoms with Gasteiger partial charge >= 0.3 is 0 Å². The van der Waals surface area contributed by atoms with Crippen molar-refractivity contribution in [1.82, 2.24) is 0 Å². The van der Waals surface area contributed by atoms with Gasteiger partial charge < -0.3 is 0 Å². The van der Waals surface area contributed by atoms with E-state index in [2.05, 4.69) is 0 Å². The van der Waals surface area contributed by atoms with Crippen molar-refractivity contribution in [2.24, 2.45) is 0 Å². The maximum atomic E-state index is 11.2. The number of rotatable bonds is 0. The highest BCUT2D eigenvalue weighted by Gasteiger charge is 2.19. The molecule has 1 aliphatic rings. The first-order chi connectivity index (χ1) is 6.25. The Bertz CT molecular complexity index is 339. The minimum atomic E-state index is -0.0672. The van der Waals surface area contributed by atoms with Crippen LogP contribution in [0.4, 0.5) is 0 Å². The Balaban J connectivity index is 2.43. The highest BCUT2D eigenvalue weighted by Crippen LogP contribution is 2.36. The minimum Gasteiger partial charge on any atom is -0.286 e. The van der Waals surface area contributed by atoms with Gasteiger partial charge in [-0.3, -0.25) is 9.59 Å². The summed E-state index contributed by atoms with van der Waals surface area (Å²) in [7, 11) is 0. The van der Waals surface area contributed by atoms with E-state index in [9.17, 15) is 9.59 Å². The molecule has 0 saturated heterocycles. The summed E-state index contributed by atoms with van der Waals surface area (Å²) in [6, 6.07) is 7.47. The van der Waals surface area contributed by atoms with Crippen LogP contribution in [0.3, 0.4) is 0 Å². The van der Waals surface area contributed by atoms with Crippen molar-refractivity contribution in [2.75, 3.05) is 0 Å². The fourth-order valence-corrected chi connectivity index (χ4v) is 2.92. The van der Waals surface area contributed by atoms with Gasteiger partial charge in [0.05, 0.1) is 6.42 Å². The number of hydrogen-bond acceptors (Lipinski definition) is 4. The zero-order valence-corrected chi connectivity index (χ0v) is 8.28. The maximum absolute atomic E-state index is 11.2. The number of carbonyl (C=O) groups excluding carboxylic acids is 2. The van der Waals surface area contributed by atoms with Crippen LogP contribution < -0.4 is 0 Å². The lowest BCUT2D eigenvalue weighted by Gasteiger charge is -1.99. The van der Waals surface area contributed by atoms with Crippen LogP contribution >= 0.6 is 23.5 Å². The van der Waals surface area contributed by atoms with E-state index in [1.54, 1.807) is 0 Å². The van der Waals surface area contributed by atoms with Gasteiger partial charge in [0, 0.05) is 9.79 Å². The maximum Gasteiger partial charge on any atom is 0.202 e. The summed E-state index contributed by atoms with van der Waals surface area (Å²) < 4.78 is 0. The highest BCUT2D eigenvalue weighted by atomic mass is 32.2. The number of hydrogen-bond donors (Lipinski definition) is 0. The summed E-state index contributed by atoms with van der Waals surface area (Å²) in [4.78, 5) is 24.2. The quantitative estimate of drug-likeness (QED) is 0.615. The first-order valence-corrected chi connectivity index (χ1v) is 5.39. The average Bonchev–Trinajstić information content (AvgIpc) is 2.20. The van der Waals surface area contributed by atoms with Crippen molar-refractivity contribution in [1.29, 1.82) is 0 Å². The molecule has 0 aliphatic carbocycles. The van der Waals surface area contributed by atoms with Crippen molar-refractivity contribution in [3.8, 4) is 0 Å². The molecule has 1 aromatic carbocycles. The second-order valence-corrected chi connectivity index (χ2v) is 4.77. The molecule has 0 aromatic heterocycles. The number of fused-ring (bicyclic) bond motifs is 1. The van der Waals surface area contributed by atoms with Crippen LogP contribution in [-0.2, 0) is 9.59 Å². The van der Waals surface area contributed by atoms with E-state index in [-0.39, 0.29) is 16.7 Å². The Morgan fingerprint density at radius 1 is 0.923 bits per heavy atom. The molecule has 2 rings (SSSR count). The van der Waals surface area contributed by atoms with Crippen molar-refractivity contribution >= 4 is 33.8 Å². The molecule has 0 spiro atoms. The predicted octanol–water partition coefficient (Wildman–Crippen LogP) is 2.33. The first-order valence-electron chi connectivity index (χ1n) is 3.76. The van der Waals surface area contributed by atoms with E-state index in [1.807, 2.05) is 24.3 Å². The van der Waals surface area contributed by atoms with Crippen LogP contribution in [0.5, 0.6) is 0 Å². The molecule has 2 nitrogen and oxygen atoms in total. The summed E-state index contributed by atoms with van der Waals surface area (Å²) >= 11 is 2.31. The van der Waals surface area contributed by atoms with Gasteiger partial charge in [0.1, 0.15) is 0 Å². The summed E-state index contributed by atoms with van der Waals surface area (Å²) in [5, 5.41) is -0.134. The van der Waals surface area contributed by atoms with Gasteiger partial charge in [-0.15, -0.1) is 0 Å². The molecule has 13 heavy (non-hydrogen) atoms. The van der Waals surface area contributed by atoms with Gasteiger partial charge in [-0.05, 0) is 12.1 Å². The van der Waals surface area contributed by atoms with E-state index >= 15 is 0 Å². The first kappa shape index (κ1) is 8.84. The monoisotopic (exact) mass is 210 g/mol. The Kier molecular flexibility index (Phi) is 2.42. The zero-order chi connectivity index (χ0) is 9.26. The largest absolute Gasteiger partial charge is 0.286 e. The fraction of sp³-hybridized carbons (Fsp3) is 0.111. The van der Waals surface area contributed by atoms with E-state index in [4.69, 9.17) is 0 Å². The van der Waals surface area contributed by atoms with Crippen molar-refractivity contribution in [3.63, 3.8) is 0 Å². The molecule has 0 atom stereocenters. The Morgan fingerprint density at radius 2 is 1.38 bits per heavy atom. The van der Waals surface area contributed by atoms with Gasteiger partial charge in [-0.25, -0.2) is 0 Å². The lowest BCUT2D eigenvalue weighted by atomic mass is 10.4. The average molecular weight is 210 g/mol. The van der Waals surface area contributed by atoms with Gasteiger partial charge in [0.15, 0.2) is 0 Å². The predicted molar refractivity (Wildman–Crippen MR) is 52.8 cm³/mol. The van der Waals surface area contributed by atoms with Crippen molar-refractivity contribution in [3.05, 3.63) is 24.3 Å². The third-order valence-corrected chi connectivity index (χ3v) is 3.61. The van der Waals surface area contributed by atoms with Crippen LogP contribution in [0.2, 0.25) is 0 Å². The molecule has 0 radical (unpaired) electrons. The SMILES string of the molecule is O=C1CC(=O)Sc2ccccc2S1. The smallest absolute Gasteiger partial charge is 0.202 e. The van der Waals surface area contributed by atoms with Gasteiger partial charge in [-0.2, -0.15) is 0 Å². The van der Waals surface area contributed by atoms with E-state index in [1.165, 1.54) is 0 Å². The number of carbonyl (C=O) groups is 2. The third kappa shape index (κ3) is 1.95. The lowest BCUT2D eigenvalue weighted by Crippen LogP contribution is -1.96. The molecule has 0 saturated carbocycles. The normalized spacial score (nSPS) is 16.6. The molecule has 0 fully saturated rings. The van der Waals surface area contributed by atoms with E-state index in [0.717, 1.165) is 33.3 Å². The summed E-state index contributed by atoms with van der Waals surface area (Å²) in [5.74, 6) is 0. The standard InChI is InChI=1S/C9H6O2S2/c10-8-5-9(11)13-7-4-2-1-3-6(7)12-8/h1-4H,5H2. The molecule has 0 amide bonds. The van der Waals surface area contributed by atoms with Gasteiger partial charge in [-0.1, -0.05) is 35.7 Å². The molecule has 1 aromatic rings. The molecule has 66 valence electrons.